The number of fused-ring (bicyclic) bond motifs is 1. The Labute approximate surface area is 156 Å². The molecule has 25 heavy (non-hydrogen) atoms. The Morgan fingerprint density at radius 1 is 1.20 bits per heavy atom. The van der Waals surface area contributed by atoms with Crippen molar-refractivity contribution in [1.29, 1.82) is 0 Å². The number of hydrogen-bond acceptors (Lipinski definition) is 4. The second-order valence-electron chi connectivity index (χ2n) is 5.28. The number of halogens is 2. The van der Waals surface area contributed by atoms with Crippen molar-refractivity contribution < 1.29 is 23.1 Å². The van der Waals surface area contributed by atoms with Gasteiger partial charge in [-0.25, -0.2) is 9.18 Å². The molecule has 3 aromatic rings. The van der Waals surface area contributed by atoms with E-state index in [0.29, 0.717) is 16.6 Å². The van der Waals surface area contributed by atoms with Gasteiger partial charge in [0.25, 0.3) is 5.91 Å². The molecule has 1 amide bonds. The maximum Gasteiger partial charge on any atom is 0.375 e. The van der Waals surface area contributed by atoms with Crippen molar-refractivity contribution >= 4 is 51.1 Å². The van der Waals surface area contributed by atoms with Crippen LogP contribution in [0.5, 0.6) is 0 Å². The number of anilines is 1. The quantitative estimate of drug-likeness (QED) is 0.473. The van der Waals surface area contributed by atoms with Crippen LogP contribution in [0.1, 0.15) is 16.1 Å². The van der Waals surface area contributed by atoms with Gasteiger partial charge in [-0.15, -0.1) is 0 Å². The van der Waals surface area contributed by atoms with E-state index in [1.807, 2.05) is 12.1 Å². The minimum atomic E-state index is -0.814. The number of benzene rings is 2. The molecule has 3 rings (SSSR count). The molecule has 2 aromatic carbocycles. The fourth-order valence-electron chi connectivity index (χ4n) is 2.35. The highest BCUT2D eigenvalue weighted by molar-refractivity contribution is 14.1. The Bertz CT molecular complexity index is 967. The van der Waals surface area contributed by atoms with E-state index in [4.69, 9.17) is 9.15 Å². The van der Waals surface area contributed by atoms with Gasteiger partial charge in [-0.1, -0.05) is 24.3 Å². The van der Waals surface area contributed by atoms with Crippen LogP contribution in [0.15, 0.2) is 46.9 Å². The van der Waals surface area contributed by atoms with E-state index in [1.54, 1.807) is 25.1 Å². The maximum absolute atomic E-state index is 13.7. The molecular formula is C18H13FINO4. The van der Waals surface area contributed by atoms with Crippen LogP contribution in [0.2, 0.25) is 0 Å². The summed E-state index contributed by atoms with van der Waals surface area (Å²) in [4.78, 5) is 24.1. The summed E-state index contributed by atoms with van der Waals surface area (Å²) in [6.07, 6.45) is 0. The highest BCUT2D eigenvalue weighted by Gasteiger charge is 2.21. The Morgan fingerprint density at radius 3 is 2.68 bits per heavy atom. The molecule has 0 aliphatic rings. The van der Waals surface area contributed by atoms with Gasteiger partial charge in [0.2, 0.25) is 5.76 Å². The summed E-state index contributed by atoms with van der Waals surface area (Å²) in [5.74, 6) is -1.96. The van der Waals surface area contributed by atoms with Crippen LogP contribution < -0.4 is 5.32 Å². The average Bonchev–Trinajstić information content (AvgIpc) is 2.93. The first-order valence-electron chi connectivity index (χ1n) is 7.36. The smallest absolute Gasteiger partial charge is 0.375 e. The van der Waals surface area contributed by atoms with Crippen molar-refractivity contribution in [2.75, 3.05) is 11.9 Å². The Hall–Kier alpha value is -2.42. The predicted molar refractivity (Wildman–Crippen MR) is 99.0 cm³/mol. The summed E-state index contributed by atoms with van der Waals surface area (Å²) in [7, 11) is 0. The fourth-order valence-corrected chi connectivity index (χ4v) is 2.87. The molecule has 1 heterocycles. The van der Waals surface area contributed by atoms with Crippen LogP contribution in [0.4, 0.5) is 10.1 Å². The Morgan fingerprint density at radius 2 is 1.96 bits per heavy atom. The Kier molecular flexibility index (Phi) is 5.03. The van der Waals surface area contributed by atoms with E-state index in [0.717, 1.165) is 3.57 Å². The molecule has 0 aliphatic heterocycles. The molecule has 0 aliphatic carbocycles. The van der Waals surface area contributed by atoms with E-state index < -0.39 is 24.3 Å². The van der Waals surface area contributed by atoms with Gasteiger partial charge in [0.15, 0.2) is 18.0 Å². The number of rotatable bonds is 4. The first-order chi connectivity index (χ1) is 12.0. The van der Waals surface area contributed by atoms with Gasteiger partial charge < -0.3 is 14.5 Å². The molecule has 7 heteroatoms. The summed E-state index contributed by atoms with van der Waals surface area (Å²) in [5.41, 5.74) is 1.10. The van der Waals surface area contributed by atoms with Crippen LogP contribution in [0.3, 0.4) is 0 Å². The number of carbonyl (C=O) groups is 2. The first-order valence-corrected chi connectivity index (χ1v) is 8.44. The lowest BCUT2D eigenvalue weighted by Crippen LogP contribution is -2.21. The molecule has 128 valence electrons. The highest BCUT2D eigenvalue weighted by Crippen LogP contribution is 2.27. The maximum atomic E-state index is 13.7. The fraction of sp³-hybridized carbons (Fsp3) is 0.111. The van der Waals surface area contributed by atoms with Crippen molar-refractivity contribution in [3.63, 3.8) is 0 Å². The third-order valence-electron chi connectivity index (χ3n) is 3.58. The third-order valence-corrected chi connectivity index (χ3v) is 4.52. The molecule has 0 spiro atoms. The molecule has 0 atom stereocenters. The number of esters is 1. The van der Waals surface area contributed by atoms with E-state index in [9.17, 15) is 14.0 Å². The SMILES string of the molecule is Cc1c(C(=O)OCC(=O)Nc2ccccc2I)oc2c(F)cccc12. The predicted octanol–water partition coefficient (Wildman–Crippen LogP) is 4.28. The minimum absolute atomic E-state index is 0.00441. The molecule has 0 radical (unpaired) electrons. The summed E-state index contributed by atoms with van der Waals surface area (Å²) < 4.78 is 24.9. The second-order valence-corrected chi connectivity index (χ2v) is 6.44. The summed E-state index contributed by atoms with van der Waals surface area (Å²) >= 11 is 2.09. The van der Waals surface area contributed by atoms with Crippen molar-refractivity contribution in [2.45, 2.75) is 6.92 Å². The summed E-state index contributed by atoms with van der Waals surface area (Å²) in [6, 6.07) is 11.6. The molecule has 1 N–H and O–H groups in total. The largest absolute Gasteiger partial charge is 0.450 e. The van der Waals surface area contributed by atoms with Gasteiger partial charge in [0.05, 0.1) is 5.69 Å². The number of hydrogen-bond donors (Lipinski definition) is 1. The normalized spacial score (nSPS) is 10.7. The first kappa shape index (κ1) is 17.4. The number of amides is 1. The molecule has 0 saturated heterocycles. The highest BCUT2D eigenvalue weighted by atomic mass is 127. The van der Waals surface area contributed by atoms with Gasteiger partial charge >= 0.3 is 5.97 Å². The second kappa shape index (κ2) is 7.22. The average molecular weight is 453 g/mol. The monoisotopic (exact) mass is 453 g/mol. The van der Waals surface area contributed by atoms with Gasteiger partial charge in [0.1, 0.15) is 0 Å². The van der Waals surface area contributed by atoms with Crippen LogP contribution in [0.25, 0.3) is 11.0 Å². The zero-order valence-corrected chi connectivity index (χ0v) is 15.3. The Balaban J connectivity index is 1.69. The number of nitrogens with one attached hydrogen (secondary N) is 1. The minimum Gasteiger partial charge on any atom is -0.450 e. The molecule has 0 bridgehead atoms. The number of furan rings is 1. The lowest BCUT2D eigenvalue weighted by atomic mass is 10.1. The van der Waals surface area contributed by atoms with Crippen LogP contribution in [0, 0.1) is 16.3 Å². The van der Waals surface area contributed by atoms with Gasteiger partial charge in [-0.3, -0.25) is 4.79 Å². The molecule has 0 fully saturated rings. The molecule has 0 unspecified atom stereocenters. The lowest BCUT2D eigenvalue weighted by molar-refractivity contribution is -0.119. The number of para-hydroxylation sites is 2. The zero-order valence-electron chi connectivity index (χ0n) is 13.1. The van der Waals surface area contributed by atoms with Crippen molar-refractivity contribution in [2.24, 2.45) is 0 Å². The molecule has 0 saturated carbocycles. The zero-order chi connectivity index (χ0) is 18.0. The van der Waals surface area contributed by atoms with Gasteiger partial charge in [-0.05, 0) is 47.7 Å². The number of ether oxygens (including phenoxy) is 1. The molecule has 5 nitrogen and oxygen atoms in total. The lowest BCUT2D eigenvalue weighted by Gasteiger charge is -2.07. The number of carbonyl (C=O) groups excluding carboxylic acids is 2. The van der Waals surface area contributed by atoms with Crippen molar-refractivity contribution in [3.05, 3.63) is 63.2 Å². The third kappa shape index (κ3) is 3.65. The van der Waals surface area contributed by atoms with E-state index >= 15 is 0 Å². The summed E-state index contributed by atoms with van der Waals surface area (Å²) in [5, 5.41) is 3.15. The van der Waals surface area contributed by atoms with E-state index in [1.165, 1.54) is 12.1 Å². The van der Waals surface area contributed by atoms with Crippen LogP contribution in [-0.4, -0.2) is 18.5 Å². The van der Waals surface area contributed by atoms with Crippen LogP contribution >= 0.6 is 22.6 Å². The van der Waals surface area contributed by atoms with Crippen LogP contribution in [-0.2, 0) is 9.53 Å². The van der Waals surface area contributed by atoms with Crippen molar-refractivity contribution in [1.82, 2.24) is 0 Å². The van der Waals surface area contributed by atoms with Gasteiger partial charge in [0, 0.05) is 14.5 Å². The van der Waals surface area contributed by atoms with E-state index in [2.05, 4.69) is 27.9 Å². The van der Waals surface area contributed by atoms with Gasteiger partial charge in [-0.2, -0.15) is 0 Å². The standard InChI is InChI=1S/C18H13FINO4/c1-10-11-5-4-6-12(19)17(11)25-16(10)18(23)24-9-15(22)21-14-8-3-2-7-13(14)20/h2-8H,9H2,1H3,(H,21,22). The van der Waals surface area contributed by atoms with Crippen molar-refractivity contribution in [3.8, 4) is 0 Å². The molecule has 1 aromatic heterocycles. The number of aryl methyl sites for hydroxylation is 1. The summed E-state index contributed by atoms with van der Waals surface area (Å²) in [6.45, 7) is 1.16. The molecular weight excluding hydrogens is 440 g/mol. The topological polar surface area (TPSA) is 68.5 Å². The van der Waals surface area contributed by atoms with E-state index in [-0.39, 0.29) is 11.3 Å².